The first-order valence-corrected chi connectivity index (χ1v) is 9.53. The number of fused-ring (bicyclic) bond motifs is 1. The number of nitrogens with one attached hydrogen (secondary N) is 1. The second-order valence-electron chi connectivity index (χ2n) is 7.01. The molecule has 0 bridgehead atoms. The van der Waals surface area contributed by atoms with Gasteiger partial charge >= 0.3 is 5.97 Å². The van der Waals surface area contributed by atoms with Crippen LogP contribution in [0.5, 0.6) is 5.75 Å². The van der Waals surface area contributed by atoms with Gasteiger partial charge in [0, 0.05) is 11.6 Å². The monoisotopic (exact) mass is 387 g/mol. The number of ether oxygens (including phenoxy) is 1. The molecule has 1 fully saturated rings. The number of hydrogen-bond acceptors (Lipinski definition) is 5. The molecule has 150 valence electrons. The summed E-state index contributed by atoms with van der Waals surface area (Å²) in [6.07, 6.45) is 5.05. The van der Waals surface area contributed by atoms with Crippen molar-refractivity contribution in [1.29, 1.82) is 0 Å². The van der Waals surface area contributed by atoms with Gasteiger partial charge in [-0.05, 0) is 50.1 Å². The van der Waals surface area contributed by atoms with E-state index in [2.05, 4.69) is 5.32 Å². The predicted molar refractivity (Wildman–Crippen MR) is 104 cm³/mol. The maximum Gasteiger partial charge on any atom is 0.308 e. The van der Waals surface area contributed by atoms with E-state index in [1.807, 2.05) is 0 Å². The van der Waals surface area contributed by atoms with Crippen molar-refractivity contribution in [3.05, 3.63) is 46.4 Å². The van der Waals surface area contributed by atoms with E-state index in [-0.39, 0.29) is 5.56 Å². The van der Waals surface area contributed by atoms with Crippen molar-refractivity contribution in [2.45, 2.75) is 38.1 Å². The number of carbonyl (C=O) groups excluding carboxylic acids is 1. The summed E-state index contributed by atoms with van der Waals surface area (Å²) in [5.74, 6) is -1.58. The lowest BCUT2D eigenvalue weighted by Crippen LogP contribution is -2.46. The molecule has 4 N–H and O–H groups in total. The first kappa shape index (κ1) is 19.9. The molecule has 0 unspecified atom stereocenters. The van der Waals surface area contributed by atoms with Crippen LogP contribution >= 0.6 is 0 Å². The highest BCUT2D eigenvalue weighted by atomic mass is 16.5. The minimum Gasteiger partial charge on any atom is -0.492 e. The number of carboxylic acids is 1. The first-order chi connectivity index (χ1) is 13.5. The average Bonchev–Trinajstić information content (AvgIpc) is 2.69. The summed E-state index contributed by atoms with van der Waals surface area (Å²) in [6.45, 7) is 0.950. The Bertz CT molecular complexity index is 924. The minimum absolute atomic E-state index is 0.0219. The van der Waals surface area contributed by atoms with Crippen LogP contribution in [0.3, 0.4) is 0 Å². The van der Waals surface area contributed by atoms with Gasteiger partial charge in [-0.1, -0.05) is 12.8 Å². The van der Waals surface area contributed by atoms with E-state index < -0.39 is 29.4 Å². The van der Waals surface area contributed by atoms with Gasteiger partial charge in [-0.3, -0.25) is 18.8 Å². The molecule has 1 aliphatic rings. The standard InChI is InChI=1S/C20H25N3O5/c21-10-3-11-28-14-8-6-13-7-9-16(19(25)23(13)12-14)18(24)22-17-5-2-1-4-15(17)20(26)27/h6-9,12,15,17H,1-5,10-11,21H2,(H,22,24)(H,26,27)/t15-,17-/m1/s1. The molecule has 0 spiro atoms. The number of aliphatic carboxylic acids is 1. The molecule has 1 amide bonds. The molecule has 1 saturated carbocycles. The van der Waals surface area contributed by atoms with Gasteiger partial charge in [0.2, 0.25) is 0 Å². The Morgan fingerprint density at radius 1 is 1.21 bits per heavy atom. The van der Waals surface area contributed by atoms with E-state index in [4.69, 9.17) is 10.5 Å². The third-order valence-electron chi connectivity index (χ3n) is 5.08. The van der Waals surface area contributed by atoms with Crippen LogP contribution in [0.1, 0.15) is 42.5 Å². The van der Waals surface area contributed by atoms with Gasteiger partial charge < -0.3 is 20.9 Å². The van der Waals surface area contributed by atoms with Crippen molar-refractivity contribution in [3.8, 4) is 5.75 Å². The summed E-state index contributed by atoms with van der Waals surface area (Å²) >= 11 is 0. The molecule has 0 aromatic carbocycles. The number of carboxylic acid groups (broad SMARTS) is 1. The normalized spacial score (nSPS) is 19.3. The lowest BCUT2D eigenvalue weighted by molar-refractivity contribution is -0.143. The molecule has 2 aromatic heterocycles. The summed E-state index contributed by atoms with van der Waals surface area (Å²) in [6, 6.07) is 6.17. The van der Waals surface area contributed by atoms with Crippen LogP contribution < -0.4 is 21.3 Å². The Morgan fingerprint density at radius 3 is 2.71 bits per heavy atom. The minimum atomic E-state index is -0.917. The fourth-order valence-corrected chi connectivity index (χ4v) is 3.55. The number of carbonyl (C=O) groups is 2. The van der Waals surface area contributed by atoms with Gasteiger partial charge in [0.1, 0.15) is 11.3 Å². The smallest absolute Gasteiger partial charge is 0.308 e. The van der Waals surface area contributed by atoms with Gasteiger partial charge in [0.25, 0.3) is 11.5 Å². The van der Waals surface area contributed by atoms with Gasteiger partial charge in [-0.2, -0.15) is 0 Å². The van der Waals surface area contributed by atoms with E-state index in [1.54, 1.807) is 24.4 Å². The molecule has 28 heavy (non-hydrogen) atoms. The van der Waals surface area contributed by atoms with Gasteiger partial charge in [0.15, 0.2) is 0 Å². The van der Waals surface area contributed by atoms with Crippen LogP contribution in [0, 0.1) is 5.92 Å². The Balaban J connectivity index is 1.83. The lowest BCUT2D eigenvalue weighted by Gasteiger charge is -2.29. The molecule has 2 aromatic rings. The van der Waals surface area contributed by atoms with Crippen LogP contribution in [-0.4, -0.2) is 40.6 Å². The second-order valence-corrected chi connectivity index (χ2v) is 7.01. The van der Waals surface area contributed by atoms with Crippen molar-refractivity contribution in [2.24, 2.45) is 11.7 Å². The van der Waals surface area contributed by atoms with Crippen LogP contribution in [0.25, 0.3) is 5.52 Å². The Kier molecular flexibility index (Phi) is 6.30. The summed E-state index contributed by atoms with van der Waals surface area (Å²) in [5.41, 5.74) is 5.59. The maximum atomic E-state index is 12.8. The molecule has 2 heterocycles. The van der Waals surface area contributed by atoms with Crippen molar-refractivity contribution < 1.29 is 19.4 Å². The summed E-state index contributed by atoms with van der Waals surface area (Å²) in [5, 5.41) is 12.1. The molecular weight excluding hydrogens is 362 g/mol. The molecule has 0 saturated heterocycles. The highest BCUT2D eigenvalue weighted by molar-refractivity contribution is 5.94. The molecule has 8 nitrogen and oxygen atoms in total. The van der Waals surface area contributed by atoms with E-state index >= 15 is 0 Å². The quantitative estimate of drug-likeness (QED) is 0.617. The molecule has 3 rings (SSSR count). The summed E-state index contributed by atoms with van der Waals surface area (Å²) in [4.78, 5) is 36.9. The average molecular weight is 387 g/mol. The molecule has 0 radical (unpaired) electrons. The zero-order valence-electron chi connectivity index (χ0n) is 15.6. The number of nitrogens with two attached hydrogens (primary N) is 1. The fraction of sp³-hybridized carbons (Fsp3) is 0.450. The number of hydrogen-bond donors (Lipinski definition) is 3. The lowest BCUT2D eigenvalue weighted by atomic mass is 9.84. The summed E-state index contributed by atoms with van der Waals surface area (Å²) < 4.78 is 6.93. The highest BCUT2D eigenvalue weighted by Crippen LogP contribution is 2.25. The van der Waals surface area contributed by atoms with Crippen LogP contribution in [0.2, 0.25) is 0 Å². The largest absolute Gasteiger partial charge is 0.492 e. The topological polar surface area (TPSA) is 123 Å². The van der Waals surface area contributed by atoms with Crippen molar-refractivity contribution in [3.63, 3.8) is 0 Å². The number of nitrogens with zero attached hydrogens (tertiary/aromatic N) is 1. The van der Waals surface area contributed by atoms with E-state index in [9.17, 15) is 19.5 Å². The Morgan fingerprint density at radius 2 is 1.96 bits per heavy atom. The SMILES string of the molecule is NCCCOc1ccc2ccc(C(=O)N[C@@H]3CCCC[C@H]3C(=O)O)c(=O)n2c1. The van der Waals surface area contributed by atoms with Crippen LogP contribution in [0.15, 0.2) is 35.3 Å². The molecule has 1 aliphatic carbocycles. The van der Waals surface area contributed by atoms with E-state index in [1.165, 1.54) is 10.5 Å². The van der Waals surface area contributed by atoms with Gasteiger partial charge in [-0.15, -0.1) is 0 Å². The zero-order chi connectivity index (χ0) is 20.1. The maximum absolute atomic E-state index is 12.8. The van der Waals surface area contributed by atoms with Gasteiger partial charge in [0.05, 0.1) is 18.7 Å². The van der Waals surface area contributed by atoms with E-state index in [0.717, 1.165) is 12.8 Å². The van der Waals surface area contributed by atoms with Crippen LogP contribution in [0.4, 0.5) is 0 Å². The molecule has 8 heteroatoms. The fourth-order valence-electron chi connectivity index (χ4n) is 3.55. The van der Waals surface area contributed by atoms with Crippen molar-refractivity contribution in [2.75, 3.05) is 13.2 Å². The number of pyridine rings is 2. The molecule has 0 aliphatic heterocycles. The zero-order valence-corrected chi connectivity index (χ0v) is 15.6. The van der Waals surface area contributed by atoms with Crippen LogP contribution in [-0.2, 0) is 4.79 Å². The molecular formula is C20H25N3O5. The van der Waals surface area contributed by atoms with Crippen molar-refractivity contribution in [1.82, 2.24) is 9.72 Å². The summed E-state index contributed by atoms with van der Waals surface area (Å²) in [7, 11) is 0. The number of aromatic nitrogens is 1. The van der Waals surface area contributed by atoms with Gasteiger partial charge in [-0.25, -0.2) is 0 Å². The third-order valence-corrected chi connectivity index (χ3v) is 5.08. The Hall–Kier alpha value is -2.87. The predicted octanol–water partition coefficient (Wildman–Crippen LogP) is 1.40. The Labute approximate surface area is 162 Å². The highest BCUT2D eigenvalue weighted by Gasteiger charge is 2.32. The number of amides is 1. The third kappa shape index (κ3) is 4.33. The first-order valence-electron chi connectivity index (χ1n) is 9.53. The second kappa shape index (κ2) is 8.88. The molecule has 2 atom stereocenters. The van der Waals surface area contributed by atoms with E-state index in [0.29, 0.717) is 43.7 Å². The number of rotatable bonds is 7. The van der Waals surface area contributed by atoms with Crippen molar-refractivity contribution >= 4 is 17.4 Å².